The molecule has 22 heavy (non-hydrogen) atoms. The lowest BCUT2D eigenvalue weighted by Gasteiger charge is -2.43. The molecule has 5 nitrogen and oxygen atoms in total. The van der Waals surface area contributed by atoms with Crippen LogP contribution in [0.1, 0.15) is 31.0 Å². The minimum atomic E-state index is -0.869. The number of aromatic nitrogens is 1. The third-order valence-electron chi connectivity index (χ3n) is 4.58. The third kappa shape index (κ3) is 1.48. The van der Waals surface area contributed by atoms with Crippen molar-refractivity contribution in [1.82, 2.24) is 10.3 Å². The molecule has 2 bridgehead atoms. The SMILES string of the molecule is CCOC(=O)C1=CC2C(=O)NC1(C)c1[nH]c3ccccc3c12. The second kappa shape index (κ2) is 4.22. The first-order chi connectivity index (χ1) is 10.6. The summed E-state index contributed by atoms with van der Waals surface area (Å²) < 4.78 is 5.15. The van der Waals surface area contributed by atoms with E-state index in [0.717, 1.165) is 22.2 Å². The number of rotatable bonds is 2. The maximum absolute atomic E-state index is 12.4. The fourth-order valence-corrected chi connectivity index (χ4v) is 3.57. The number of hydrogen-bond donors (Lipinski definition) is 2. The van der Waals surface area contributed by atoms with Gasteiger partial charge in [0.1, 0.15) is 5.54 Å². The van der Waals surface area contributed by atoms with Crippen molar-refractivity contribution in [2.75, 3.05) is 6.61 Å². The fourth-order valence-electron chi connectivity index (χ4n) is 3.57. The number of ether oxygens (including phenoxy) is 1. The minimum Gasteiger partial charge on any atom is -0.463 e. The summed E-state index contributed by atoms with van der Waals surface area (Å²) in [6.07, 6.45) is 1.75. The maximum Gasteiger partial charge on any atom is 0.336 e. The van der Waals surface area contributed by atoms with Gasteiger partial charge in [0, 0.05) is 10.9 Å². The smallest absolute Gasteiger partial charge is 0.336 e. The van der Waals surface area contributed by atoms with Gasteiger partial charge in [-0.05, 0) is 25.5 Å². The van der Waals surface area contributed by atoms with Crippen molar-refractivity contribution in [1.29, 1.82) is 0 Å². The van der Waals surface area contributed by atoms with Gasteiger partial charge in [0.15, 0.2) is 0 Å². The zero-order chi connectivity index (χ0) is 15.5. The predicted octanol–water partition coefficient (Wildman–Crippen LogP) is 2.10. The Morgan fingerprint density at radius 3 is 2.91 bits per heavy atom. The van der Waals surface area contributed by atoms with Gasteiger partial charge in [0.05, 0.1) is 23.8 Å². The van der Waals surface area contributed by atoms with Crippen LogP contribution in [0.25, 0.3) is 10.9 Å². The minimum absolute atomic E-state index is 0.0761. The molecule has 0 fully saturated rings. The number of benzene rings is 1. The average molecular weight is 296 g/mol. The highest BCUT2D eigenvalue weighted by Crippen LogP contribution is 2.48. The number of carbonyl (C=O) groups is 2. The molecule has 1 aromatic carbocycles. The predicted molar refractivity (Wildman–Crippen MR) is 81.3 cm³/mol. The van der Waals surface area contributed by atoms with Gasteiger partial charge < -0.3 is 15.0 Å². The Morgan fingerprint density at radius 1 is 1.36 bits per heavy atom. The van der Waals surface area contributed by atoms with E-state index in [1.54, 1.807) is 13.0 Å². The molecule has 1 aliphatic carbocycles. The van der Waals surface area contributed by atoms with Gasteiger partial charge in [-0.3, -0.25) is 4.79 Å². The summed E-state index contributed by atoms with van der Waals surface area (Å²) in [6.45, 7) is 3.93. The van der Waals surface area contributed by atoms with Crippen molar-refractivity contribution in [2.24, 2.45) is 0 Å². The molecular formula is C17H16N2O3. The number of carbonyl (C=O) groups excluding carboxylic acids is 2. The monoisotopic (exact) mass is 296 g/mol. The van der Waals surface area contributed by atoms with Gasteiger partial charge in [-0.1, -0.05) is 24.3 Å². The van der Waals surface area contributed by atoms with Crippen LogP contribution in [0.4, 0.5) is 0 Å². The second-order valence-corrected chi connectivity index (χ2v) is 5.85. The zero-order valence-corrected chi connectivity index (χ0v) is 12.4. The van der Waals surface area contributed by atoms with E-state index in [1.807, 2.05) is 31.2 Å². The van der Waals surface area contributed by atoms with Gasteiger partial charge in [-0.15, -0.1) is 0 Å². The second-order valence-electron chi connectivity index (χ2n) is 5.85. The number of para-hydroxylation sites is 1. The lowest BCUT2D eigenvalue weighted by Crippen LogP contribution is -2.56. The Morgan fingerprint density at radius 2 is 2.14 bits per heavy atom. The van der Waals surface area contributed by atoms with Crippen LogP contribution in [0.2, 0.25) is 0 Å². The third-order valence-corrected chi connectivity index (χ3v) is 4.58. The van der Waals surface area contributed by atoms with Crippen molar-refractivity contribution in [3.63, 3.8) is 0 Å². The van der Waals surface area contributed by atoms with E-state index in [-0.39, 0.29) is 11.9 Å². The van der Waals surface area contributed by atoms with E-state index in [9.17, 15) is 9.59 Å². The van der Waals surface area contributed by atoms with E-state index in [1.165, 1.54) is 0 Å². The highest BCUT2D eigenvalue weighted by Gasteiger charge is 2.51. The van der Waals surface area contributed by atoms with Crippen LogP contribution < -0.4 is 5.32 Å². The summed E-state index contributed by atoms with van der Waals surface area (Å²) in [7, 11) is 0. The Bertz CT molecular complexity index is 849. The Kier molecular flexibility index (Phi) is 2.52. The first kappa shape index (κ1) is 13.1. The van der Waals surface area contributed by atoms with E-state index in [2.05, 4.69) is 10.3 Å². The fraction of sp³-hybridized carbons (Fsp3) is 0.294. The number of hydrogen-bond acceptors (Lipinski definition) is 3. The van der Waals surface area contributed by atoms with E-state index >= 15 is 0 Å². The molecule has 0 saturated heterocycles. The zero-order valence-electron chi connectivity index (χ0n) is 12.4. The van der Waals surface area contributed by atoms with Crippen LogP contribution in [0.5, 0.6) is 0 Å². The Labute approximate surface area is 127 Å². The van der Waals surface area contributed by atoms with Crippen LogP contribution in [0.3, 0.4) is 0 Å². The van der Waals surface area contributed by atoms with Crippen LogP contribution in [0.15, 0.2) is 35.9 Å². The van der Waals surface area contributed by atoms with Crippen LogP contribution >= 0.6 is 0 Å². The molecule has 2 unspecified atom stereocenters. The molecule has 1 aromatic heterocycles. The maximum atomic E-state index is 12.4. The number of fused-ring (bicyclic) bond motifs is 2. The van der Waals surface area contributed by atoms with Crippen molar-refractivity contribution in [3.05, 3.63) is 47.2 Å². The molecule has 2 atom stereocenters. The standard InChI is InChI=1S/C17H16N2O3/c1-3-22-16(21)11-8-10-13-9-6-4-5-7-12(9)18-14(13)17(11,2)19-15(10)20/h4-8,10,18H,3H2,1-2H3,(H,19,20). The van der Waals surface area contributed by atoms with Crippen LogP contribution in [-0.4, -0.2) is 23.5 Å². The molecule has 3 heterocycles. The normalized spacial score (nSPS) is 25.6. The lowest BCUT2D eigenvalue weighted by molar-refractivity contribution is -0.140. The molecule has 0 radical (unpaired) electrons. The van der Waals surface area contributed by atoms with Gasteiger partial charge in [-0.2, -0.15) is 0 Å². The quantitative estimate of drug-likeness (QED) is 0.834. The topological polar surface area (TPSA) is 71.2 Å². The van der Waals surface area contributed by atoms with E-state index in [4.69, 9.17) is 4.74 Å². The van der Waals surface area contributed by atoms with E-state index < -0.39 is 11.5 Å². The average Bonchev–Trinajstić information content (AvgIpc) is 2.88. The van der Waals surface area contributed by atoms with Crippen molar-refractivity contribution >= 4 is 22.8 Å². The highest BCUT2D eigenvalue weighted by atomic mass is 16.5. The molecule has 5 heteroatoms. The molecule has 3 aliphatic rings. The molecule has 1 amide bonds. The number of nitrogens with one attached hydrogen (secondary N) is 2. The van der Waals surface area contributed by atoms with E-state index in [0.29, 0.717) is 12.2 Å². The molecule has 2 aromatic rings. The molecule has 112 valence electrons. The summed E-state index contributed by atoms with van der Waals surface area (Å²) in [5.41, 5.74) is 2.45. The number of H-pyrrole nitrogens is 1. The first-order valence-corrected chi connectivity index (χ1v) is 7.38. The lowest BCUT2D eigenvalue weighted by atomic mass is 9.71. The summed E-state index contributed by atoms with van der Waals surface area (Å²) in [6, 6.07) is 7.88. The van der Waals surface area contributed by atoms with Gasteiger partial charge >= 0.3 is 5.97 Å². The molecule has 2 N–H and O–H groups in total. The number of esters is 1. The molecule has 0 saturated carbocycles. The summed E-state index contributed by atoms with van der Waals surface area (Å²) >= 11 is 0. The van der Waals surface area contributed by atoms with Crippen molar-refractivity contribution in [3.8, 4) is 0 Å². The first-order valence-electron chi connectivity index (χ1n) is 7.38. The largest absolute Gasteiger partial charge is 0.463 e. The molecule has 5 rings (SSSR count). The van der Waals surface area contributed by atoms with Gasteiger partial charge in [0.2, 0.25) is 5.91 Å². The Hall–Kier alpha value is -2.56. The molecule has 0 spiro atoms. The van der Waals surface area contributed by atoms with Crippen molar-refractivity contribution < 1.29 is 14.3 Å². The summed E-state index contributed by atoms with van der Waals surface area (Å²) in [5.74, 6) is -0.903. The molecular weight excluding hydrogens is 280 g/mol. The van der Waals surface area contributed by atoms with Gasteiger partial charge in [-0.25, -0.2) is 4.79 Å². The summed E-state index contributed by atoms with van der Waals surface area (Å²) in [5, 5.41) is 3.99. The Balaban J connectivity index is 1.98. The van der Waals surface area contributed by atoms with Crippen molar-refractivity contribution in [2.45, 2.75) is 25.3 Å². The molecule has 2 aliphatic heterocycles. The van der Waals surface area contributed by atoms with Crippen LogP contribution in [0, 0.1) is 0 Å². The summed E-state index contributed by atoms with van der Waals surface area (Å²) in [4.78, 5) is 28.0. The number of amides is 1. The number of aromatic amines is 1. The van der Waals surface area contributed by atoms with Crippen LogP contribution in [-0.2, 0) is 19.9 Å². The van der Waals surface area contributed by atoms with Gasteiger partial charge in [0.25, 0.3) is 0 Å². The highest BCUT2D eigenvalue weighted by molar-refractivity contribution is 6.04.